The number of piperidine rings is 1. The van der Waals surface area contributed by atoms with E-state index in [4.69, 9.17) is 10.5 Å². The Kier molecular flexibility index (Phi) is 4.38. The summed E-state index contributed by atoms with van der Waals surface area (Å²) in [5.74, 6) is 0.221. The Balaban J connectivity index is 2.21. The Morgan fingerprint density at radius 2 is 2.14 bits per heavy atom. The van der Waals surface area contributed by atoms with Crippen molar-refractivity contribution >= 4 is 21.6 Å². The summed E-state index contributed by atoms with van der Waals surface area (Å²) in [5.41, 5.74) is 6.05. The number of nitrogen functional groups attached to an aromatic ring is 1. The predicted octanol–water partition coefficient (Wildman–Crippen LogP) is 0.177. The van der Waals surface area contributed by atoms with Crippen molar-refractivity contribution in [3.8, 4) is 5.75 Å². The van der Waals surface area contributed by atoms with Crippen LogP contribution in [0.2, 0.25) is 0 Å². The summed E-state index contributed by atoms with van der Waals surface area (Å²) in [5, 5.41) is 0. The van der Waals surface area contributed by atoms with Crippen LogP contribution in [0, 0.1) is 0 Å². The quantitative estimate of drug-likeness (QED) is 0.772. The Hall–Kier alpha value is -1.80. The van der Waals surface area contributed by atoms with Crippen LogP contribution in [0.15, 0.2) is 23.1 Å². The fourth-order valence-corrected chi connectivity index (χ4v) is 3.71. The van der Waals surface area contributed by atoms with Crippen LogP contribution in [-0.2, 0) is 14.8 Å². The molecule has 1 aliphatic heterocycles. The number of anilines is 1. The van der Waals surface area contributed by atoms with Gasteiger partial charge in [-0.05, 0) is 18.6 Å². The summed E-state index contributed by atoms with van der Waals surface area (Å²) in [6.07, 6.45) is 0.822. The normalized spacial score (nSPS) is 19.6. The molecule has 1 unspecified atom stereocenters. The number of likely N-dealkylation sites (tertiary alicyclic amines) is 1. The maximum Gasteiger partial charge on any atom is 0.244 e. The van der Waals surface area contributed by atoms with Crippen molar-refractivity contribution in [3.63, 3.8) is 0 Å². The van der Waals surface area contributed by atoms with Crippen LogP contribution in [0.3, 0.4) is 0 Å². The Bertz CT molecular complexity index is 645. The van der Waals surface area contributed by atoms with Crippen LogP contribution in [-0.4, -0.2) is 46.0 Å². The van der Waals surface area contributed by atoms with Crippen molar-refractivity contribution < 1.29 is 17.9 Å². The second kappa shape index (κ2) is 5.90. The van der Waals surface area contributed by atoms with E-state index in [2.05, 4.69) is 4.72 Å². The molecule has 1 aromatic rings. The van der Waals surface area contributed by atoms with Crippen LogP contribution in [0.1, 0.15) is 12.8 Å². The van der Waals surface area contributed by atoms with Gasteiger partial charge in [-0.1, -0.05) is 0 Å². The molecule has 0 spiro atoms. The Labute approximate surface area is 124 Å². The highest BCUT2D eigenvalue weighted by Gasteiger charge is 2.28. The first-order valence-electron chi connectivity index (χ1n) is 6.53. The van der Waals surface area contributed by atoms with Crippen LogP contribution < -0.4 is 15.2 Å². The van der Waals surface area contributed by atoms with Gasteiger partial charge >= 0.3 is 0 Å². The second-order valence-corrected chi connectivity index (χ2v) is 6.72. The van der Waals surface area contributed by atoms with Gasteiger partial charge in [-0.25, -0.2) is 13.1 Å². The van der Waals surface area contributed by atoms with Crippen molar-refractivity contribution in [3.05, 3.63) is 18.2 Å². The highest BCUT2D eigenvalue weighted by atomic mass is 32.2. The first kappa shape index (κ1) is 15.6. The molecule has 1 heterocycles. The van der Waals surface area contributed by atoms with Crippen molar-refractivity contribution in [1.29, 1.82) is 0 Å². The number of nitrogens with one attached hydrogen (secondary N) is 1. The number of sulfonamides is 1. The maximum atomic E-state index is 12.4. The summed E-state index contributed by atoms with van der Waals surface area (Å²) in [4.78, 5) is 13.0. The standard InChI is InChI=1S/C13H19N3O4S/c1-16-8-10(4-6-13(16)17)15-21(18,19)12-5-3-9(14)7-11(12)20-2/h3,5,7,10,15H,4,6,8,14H2,1-2H3. The largest absolute Gasteiger partial charge is 0.495 e. The van der Waals surface area contributed by atoms with Gasteiger partial charge in [0, 0.05) is 37.8 Å². The van der Waals surface area contributed by atoms with Gasteiger partial charge < -0.3 is 15.4 Å². The molecule has 21 heavy (non-hydrogen) atoms. The third-order valence-corrected chi connectivity index (χ3v) is 4.99. The summed E-state index contributed by atoms with van der Waals surface area (Å²) >= 11 is 0. The first-order chi connectivity index (χ1) is 9.83. The number of benzene rings is 1. The number of amides is 1. The predicted molar refractivity (Wildman–Crippen MR) is 78.4 cm³/mol. The average Bonchev–Trinajstić information content (AvgIpc) is 2.42. The monoisotopic (exact) mass is 313 g/mol. The highest BCUT2D eigenvalue weighted by Crippen LogP contribution is 2.26. The topological polar surface area (TPSA) is 102 Å². The number of ether oxygens (including phenoxy) is 1. The summed E-state index contributed by atoms with van der Waals surface area (Å²) in [7, 11) is -0.680. The van der Waals surface area contributed by atoms with Crippen LogP contribution in [0.5, 0.6) is 5.75 Å². The number of likely N-dealkylation sites (N-methyl/N-ethyl adjacent to an activating group) is 1. The zero-order chi connectivity index (χ0) is 15.6. The van der Waals surface area contributed by atoms with E-state index in [0.717, 1.165) is 0 Å². The SMILES string of the molecule is COc1cc(N)ccc1S(=O)(=O)NC1CCC(=O)N(C)C1. The van der Waals surface area contributed by atoms with Gasteiger partial charge in [0.25, 0.3) is 0 Å². The van der Waals surface area contributed by atoms with Crippen molar-refractivity contribution in [1.82, 2.24) is 9.62 Å². The maximum absolute atomic E-state index is 12.4. The number of methoxy groups -OCH3 is 1. The summed E-state index contributed by atoms with van der Waals surface area (Å²) < 4.78 is 32.6. The number of hydrogen-bond donors (Lipinski definition) is 2. The van der Waals surface area contributed by atoms with Crippen LogP contribution >= 0.6 is 0 Å². The van der Waals surface area contributed by atoms with Crippen LogP contribution in [0.25, 0.3) is 0 Å². The minimum absolute atomic E-state index is 0.0236. The lowest BCUT2D eigenvalue weighted by molar-refractivity contribution is -0.132. The number of nitrogens with zero attached hydrogens (tertiary/aromatic N) is 1. The van der Waals surface area contributed by atoms with Gasteiger partial charge in [0.1, 0.15) is 10.6 Å². The van der Waals surface area contributed by atoms with E-state index in [1.807, 2.05) is 0 Å². The molecule has 1 saturated heterocycles. The zero-order valence-corrected chi connectivity index (χ0v) is 12.8. The van der Waals surface area contributed by atoms with Gasteiger partial charge in [0.15, 0.2) is 0 Å². The molecule has 0 radical (unpaired) electrons. The van der Waals surface area contributed by atoms with E-state index in [1.54, 1.807) is 7.05 Å². The van der Waals surface area contributed by atoms with E-state index >= 15 is 0 Å². The molecule has 1 atom stereocenters. The number of hydrogen-bond acceptors (Lipinski definition) is 5. The third kappa shape index (κ3) is 3.45. The molecule has 2 rings (SSSR count). The molecule has 0 saturated carbocycles. The molecule has 1 aliphatic rings. The molecule has 116 valence electrons. The zero-order valence-electron chi connectivity index (χ0n) is 12.0. The first-order valence-corrected chi connectivity index (χ1v) is 8.01. The molecule has 8 heteroatoms. The van der Waals surface area contributed by atoms with Gasteiger partial charge in [0.2, 0.25) is 15.9 Å². The highest BCUT2D eigenvalue weighted by molar-refractivity contribution is 7.89. The van der Waals surface area contributed by atoms with E-state index in [-0.39, 0.29) is 22.6 Å². The number of nitrogens with two attached hydrogens (primary N) is 1. The Morgan fingerprint density at radius 1 is 1.43 bits per heavy atom. The number of rotatable bonds is 4. The Morgan fingerprint density at radius 3 is 2.76 bits per heavy atom. The molecule has 7 nitrogen and oxygen atoms in total. The third-order valence-electron chi connectivity index (χ3n) is 3.43. The molecule has 0 aliphatic carbocycles. The molecular weight excluding hydrogens is 294 g/mol. The smallest absolute Gasteiger partial charge is 0.244 e. The lowest BCUT2D eigenvalue weighted by Gasteiger charge is -2.30. The van der Waals surface area contributed by atoms with Crippen molar-refractivity contribution in [2.75, 3.05) is 26.4 Å². The van der Waals surface area contributed by atoms with Gasteiger partial charge in [-0.2, -0.15) is 0 Å². The van der Waals surface area contributed by atoms with Gasteiger partial charge in [-0.3, -0.25) is 4.79 Å². The summed E-state index contributed by atoms with van der Waals surface area (Å²) in [6, 6.07) is 4.08. The second-order valence-electron chi connectivity index (χ2n) is 5.04. The van der Waals surface area contributed by atoms with Gasteiger partial charge in [0.05, 0.1) is 7.11 Å². The lowest BCUT2D eigenvalue weighted by Crippen LogP contribution is -2.48. The molecular formula is C13H19N3O4S. The van der Waals surface area contributed by atoms with Gasteiger partial charge in [-0.15, -0.1) is 0 Å². The van der Waals surface area contributed by atoms with E-state index in [1.165, 1.54) is 30.2 Å². The minimum atomic E-state index is -3.73. The molecule has 0 bridgehead atoms. The van der Waals surface area contributed by atoms with E-state index in [0.29, 0.717) is 25.1 Å². The molecule has 1 fully saturated rings. The molecule has 1 aromatic carbocycles. The van der Waals surface area contributed by atoms with Crippen molar-refractivity contribution in [2.24, 2.45) is 0 Å². The molecule has 1 amide bonds. The van der Waals surface area contributed by atoms with E-state index in [9.17, 15) is 13.2 Å². The average molecular weight is 313 g/mol. The number of carbonyl (C=O) groups excluding carboxylic acids is 1. The fraction of sp³-hybridized carbons (Fsp3) is 0.462. The molecule has 0 aromatic heterocycles. The fourth-order valence-electron chi connectivity index (χ4n) is 2.30. The van der Waals surface area contributed by atoms with E-state index < -0.39 is 10.0 Å². The van der Waals surface area contributed by atoms with Crippen molar-refractivity contribution in [2.45, 2.75) is 23.8 Å². The van der Waals surface area contributed by atoms with Crippen LogP contribution in [0.4, 0.5) is 5.69 Å². The lowest BCUT2D eigenvalue weighted by atomic mass is 10.1. The summed E-state index contributed by atoms with van der Waals surface area (Å²) in [6.45, 7) is 0.356. The molecule has 3 N–H and O–H groups in total. The minimum Gasteiger partial charge on any atom is -0.495 e. The number of carbonyl (C=O) groups is 1.